The van der Waals surface area contributed by atoms with E-state index >= 15 is 0 Å². The third-order valence-electron chi connectivity index (χ3n) is 4.57. The van der Waals surface area contributed by atoms with Crippen molar-refractivity contribution in [2.24, 2.45) is 11.8 Å². The molecule has 1 N–H and O–H groups in total. The van der Waals surface area contributed by atoms with Gasteiger partial charge < -0.3 is 24.2 Å². The van der Waals surface area contributed by atoms with Crippen LogP contribution in [0.15, 0.2) is 35.9 Å². The number of thioether (sulfide) groups is 1. The quantitative estimate of drug-likeness (QED) is 0.330. The Hall–Kier alpha value is -2.26. The fourth-order valence-corrected chi connectivity index (χ4v) is 4.47. The number of amides is 1. The molecule has 1 amide bonds. The van der Waals surface area contributed by atoms with E-state index in [1.807, 2.05) is 6.92 Å². The molecule has 9 heteroatoms. The van der Waals surface area contributed by atoms with Crippen LogP contribution in [0.1, 0.15) is 13.8 Å². The number of aliphatic hydroxyl groups is 1. The van der Waals surface area contributed by atoms with Gasteiger partial charge in [0.25, 0.3) is 0 Å². The number of hydrogen-bond acceptors (Lipinski definition) is 8. The highest BCUT2D eigenvalue weighted by molar-refractivity contribution is 8.03. The average molecular weight is 411 g/mol. The van der Waals surface area contributed by atoms with Gasteiger partial charge in [-0.05, 0) is 6.92 Å². The molecule has 2 aliphatic heterocycles. The maximum atomic E-state index is 12.8. The molecule has 0 saturated carbocycles. The zero-order valence-electron chi connectivity index (χ0n) is 16.0. The molecular formula is C19H25NO7S. The number of β-lactam (4-membered cyclic amide) rings is 1. The second-order valence-corrected chi connectivity index (χ2v) is 7.49. The highest BCUT2D eigenvalue weighted by Gasteiger charge is 2.61. The predicted octanol–water partition coefficient (Wildman–Crippen LogP) is 1.86. The van der Waals surface area contributed by atoms with Crippen molar-refractivity contribution in [3.8, 4) is 0 Å². The molecule has 0 bridgehead atoms. The maximum Gasteiger partial charge on any atom is 0.508 e. The van der Waals surface area contributed by atoms with Crippen molar-refractivity contribution in [3.05, 3.63) is 35.9 Å². The van der Waals surface area contributed by atoms with Gasteiger partial charge in [0.05, 0.1) is 18.6 Å². The summed E-state index contributed by atoms with van der Waals surface area (Å²) in [7, 11) is 0. The van der Waals surface area contributed by atoms with Crippen molar-refractivity contribution in [1.82, 2.24) is 4.90 Å². The van der Waals surface area contributed by atoms with Crippen LogP contribution in [0, 0.1) is 11.8 Å². The van der Waals surface area contributed by atoms with E-state index in [2.05, 4.69) is 13.2 Å². The lowest BCUT2D eigenvalue weighted by Crippen LogP contribution is -2.64. The third kappa shape index (κ3) is 4.25. The Kier molecular flexibility index (Phi) is 7.70. The first-order chi connectivity index (χ1) is 13.4. The number of ether oxygens (including phenoxy) is 3. The van der Waals surface area contributed by atoms with Gasteiger partial charge in [-0.3, -0.25) is 4.79 Å². The lowest BCUT2D eigenvalue weighted by molar-refractivity contribution is -0.164. The van der Waals surface area contributed by atoms with Crippen LogP contribution in [0.4, 0.5) is 4.79 Å². The Morgan fingerprint density at radius 2 is 1.93 bits per heavy atom. The van der Waals surface area contributed by atoms with Gasteiger partial charge in [0, 0.05) is 16.6 Å². The normalized spacial score (nSPS) is 24.2. The van der Waals surface area contributed by atoms with E-state index in [-0.39, 0.29) is 43.4 Å². The van der Waals surface area contributed by atoms with Crippen molar-refractivity contribution in [2.75, 3.05) is 25.6 Å². The van der Waals surface area contributed by atoms with Gasteiger partial charge in [-0.15, -0.1) is 11.8 Å². The Morgan fingerprint density at radius 1 is 1.29 bits per heavy atom. The summed E-state index contributed by atoms with van der Waals surface area (Å²) in [6.07, 6.45) is 1.26. The molecule has 0 aromatic carbocycles. The summed E-state index contributed by atoms with van der Waals surface area (Å²) in [5.74, 6) is -1.30. The smallest absolute Gasteiger partial charge is 0.457 e. The van der Waals surface area contributed by atoms with Crippen LogP contribution in [0.3, 0.4) is 0 Å². The number of hydrogen-bond donors (Lipinski definition) is 1. The van der Waals surface area contributed by atoms with E-state index in [0.717, 1.165) is 0 Å². The van der Waals surface area contributed by atoms with E-state index < -0.39 is 24.1 Å². The molecule has 1 saturated heterocycles. The number of esters is 1. The largest absolute Gasteiger partial charge is 0.508 e. The first kappa shape index (κ1) is 22.0. The predicted molar refractivity (Wildman–Crippen MR) is 103 cm³/mol. The molecule has 0 aromatic heterocycles. The van der Waals surface area contributed by atoms with E-state index in [9.17, 15) is 14.4 Å². The van der Waals surface area contributed by atoms with Crippen molar-refractivity contribution >= 4 is 29.8 Å². The summed E-state index contributed by atoms with van der Waals surface area (Å²) >= 11 is 1.32. The van der Waals surface area contributed by atoms with E-state index in [4.69, 9.17) is 19.3 Å². The number of rotatable bonds is 10. The van der Waals surface area contributed by atoms with Gasteiger partial charge in [0.2, 0.25) is 5.91 Å². The molecular weight excluding hydrogens is 386 g/mol. The van der Waals surface area contributed by atoms with E-state index in [1.54, 1.807) is 6.92 Å². The van der Waals surface area contributed by atoms with Gasteiger partial charge in [-0.1, -0.05) is 32.2 Å². The first-order valence-corrected chi connectivity index (χ1v) is 9.90. The minimum absolute atomic E-state index is 0.0128. The van der Waals surface area contributed by atoms with Gasteiger partial charge in [-0.25, -0.2) is 9.59 Å². The molecule has 0 unspecified atom stereocenters. The molecule has 0 aliphatic carbocycles. The van der Waals surface area contributed by atoms with E-state index in [1.165, 1.54) is 28.8 Å². The standard InChI is InChI=1S/C19H25NO7S/c1-5-8-25-18(23)15-16(28-10-7-21)11(3)14-13(17(22)20(14)15)12(4)27-19(24)26-9-6-2/h5-6,11-14,21H,1-2,7-10H2,3-4H3/t11-,12-,13-,14-/m1/s1. The molecule has 4 atom stereocenters. The van der Waals surface area contributed by atoms with Crippen LogP contribution in [0.25, 0.3) is 0 Å². The van der Waals surface area contributed by atoms with Gasteiger partial charge in [0.1, 0.15) is 25.0 Å². The zero-order chi connectivity index (χ0) is 20.8. The Bertz CT molecular complexity index is 690. The summed E-state index contributed by atoms with van der Waals surface area (Å²) in [6, 6.07) is -0.331. The monoisotopic (exact) mass is 411 g/mol. The molecule has 0 spiro atoms. The van der Waals surface area contributed by atoms with Crippen molar-refractivity contribution < 1.29 is 33.7 Å². The number of fused-ring (bicyclic) bond motifs is 1. The Balaban J connectivity index is 2.18. The van der Waals surface area contributed by atoms with Crippen molar-refractivity contribution in [3.63, 3.8) is 0 Å². The average Bonchev–Trinajstić information content (AvgIpc) is 2.91. The maximum absolute atomic E-state index is 12.8. The molecule has 2 heterocycles. The van der Waals surface area contributed by atoms with Crippen LogP contribution in [-0.4, -0.2) is 65.8 Å². The fraction of sp³-hybridized carbons (Fsp3) is 0.526. The summed E-state index contributed by atoms with van der Waals surface area (Å²) in [6.45, 7) is 10.5. The van der Waals surface area contributed by atoms with Crippen LogP contribution >= 0.6 is 11.8 Å². The third-order valence-corrected chi connectivity index (χ3v) is 5.83. The Labute approximate surface area is 168 Å². The minimum Gasteiger partial charge on any atom is -0.457 e. The van der Waals surface area contributed by atoms with Crippen LogP contribution < -0.4 is 0 Å². The van der Waals surface area contributed by atoms with E-state index in [0.29, 0.717) is 10.7 Å². The SMILES string of the molecule is C=CCOC(=O)O[C@H](C)[C@H]1C(=O)N2C(C(=O)OCC=C)=C(SCCO)[C@H](C)[C@H]12. The molecule has 8 nitrogen and oxygen atoms in total. The van der Waals surface area contributed by atoms with Gasteiger partial charge in [-0.2, -0.15) is 0 Å². The molecule has 0 radical (unpaired) electrons. The summed E-state index contributed by atoms with van der Waals surface area (Å²) < 4.78 is 15.2. The lowest BCUT2D eigenvalue weighted by atomic mass is 9.79. The summed E-state index contributed by atoms with van der Waals surface area (Å²) in [5.41, 5.74) is 0.195. The fourth-order valence-electron chi connectivity index (χ4n) is 3.44. The van der Waals surface area contributed by atoms with Crippen LogP contribution in [0.2, 0.25) is 0 Å². The number of carbonyl (C=O) groups is 3. The highest BCUT2D eigenvalue weighted by Crippen LogP contribution is 2.51. The topological polar surface area (TPSA) is 102 Å². The Morgan fingerprint density at radius 3 is 2.54 bits per heavy atom. The number of carbonyl (C=O) groups excluding carboxylic acids is 3. The second-order valence-electron chi connectivity index (χ2n) is 6.36. The van der Waals surface area contributed by atoms with Crippen LogP contribution in [0.5, 0.6) is 0 Å². The number of aliphatic hydroxyl groups excluding tert-OH is 1. The van der Waals surface area contributed by atoms with Gasteiger partial charge >= 0.3 is 12.1 Å². The van der Waals surface area contributed by atoms with Crippen molar-refractivity contribution in [1.29, 1.82) is 0 Å². The molecule has 0 aromatic rings. The first-order valence-electron chi connectivity index (χ1n) is 8.92. The molecule has 2 aliphatic rings. The summed E-state index contributed by atoms with van der Waals surface area (Å²) in [4.78, 5) is 39.1. The van der Waals surface area contributed by atoms with Gasteiger partial charge in [0.15, 0.2) is 0 Å². The van der Waals surface area contributed by atoms with Crippen molar-refractivity contribution in [2.45, 2.75) is 26.0 Å². The lowest BCUT2D eigenvalue weighted by Gasteiger charge is -2.47. The number of nitrogens with zero attached hydrogens (tertiary/aromatic N) is 1. The highest BCUT2D eigenvalue weighted by atomic mass is 32.2. The van der Waals surface area contributed by atoms with Crippen LogP contribution in [-0.2, 0) is 23.8 Å². The zero-order valence-corrected chi connectivity index (χ0v) is 16.8. The summed E-state index contributed by atoms with van der Waals surface area (Å²) in [5, 5.41) is 9.16. The molecule has 2 rings (SSSR count). The second kappa shape index (κ2) is 9.79. The molecule has 154 valence electrons. The minimum atomic E-state index is -0.877. The molecule has 1 fully saturated rings. The molecule has 28 heavy (non-hydrogen) atoms.